The second-order valence-electron chi connectivity index (χ2n) is 19.9. The molecule has 0 radical (unpaired) electrons. The molecule has 2 atom stereocenters. The van der Waals surface area contributed by atoms with Crippen LogP contribution in [0.25, 0.3) is 11.3 Å². The first kappa shape index (κ1) is 65.5. The van der Waals surface area contributed by atoms with Gasteiger partial charge < -0.3 is 67.8 Å². The SMILES string of the molecule is CC(C)(C)[C@H](c1nc(-c2cc(F)ccc2F)cn1Cc1ccccc1)N(COC(=O)N1CCC(CNC(=O)CCOCCOCCOCCOCCOCCOCCOCCOCCNC(=O)CCN2C(=O)C=CC2=O)C1)C(=O)CO. The van der Waals surface area contributed by atoms with Crippen molar-refractivity contribution in [3.8, 4) is 11.3 Å². The number of imide groups is 1. The highest BCUT2D eigenvalue weighted by Gasteiger charge is 2.40. The Morgan fingerprint density at radius 2 is 1.27 bits per heavy atom. The Labute approximate surface area is 471 Å². The van der Waals surface area contributed by atoms with Crippen molar-refractivity contribution >= 4 is 35.6 Å². The van der Waals surface area contributed by atoms with Crippen LogP contribution in [0.3, 0.4) is 0 Å². The third-order valence-electron chi connectivity index (χ3n) is 12.6. The van der Waals surface area contributed by atoms with E-state index in [0.29, 0.717) is 138 Å². The fourth-order valence-corrected chi connectivity index (χ4v) is 8.50. The minimum absolute atomic E-state index is 0.0303. The Bertz CT molecular complexity index is 2430. The fraction of sp³-hybridized carbons (Fsp3) is 0.589. The number of amides is 6. The molecule has 0 aliphatic carbocycles. The lowest BCUT2D eigenvalue weighted by atomic mass is 9.85. The van der Waals surface area contributed by atoms with E-state index in [2.05, 4.69) is 10.6 Å². The van der Waals surface area contributed by atoms with Gasteiger partial charge in [-0.25, -0.2) is 18.6 Å². The Kier molecular flexibility index (Phi) is 29.3. The zero-order valence-electron chi connectivity index (χ0n) is 46.7. The lowest BCUT2D eigenvalue weighted by Gasteiger charge is -2.39. The van der Waals surface area contributed by atoms with E-state index < -0.39 is 60.2 Å². The third-order valence-corrected chi connectivity index (χ3v) is 12.6. The third kappa shape index (κ3) is 24.0. The first-order valence-corrected chi connectivity index (χ1v) is 27.2. The van der Waals surface area contributed by atoms with Gasteiger partial charge in [0, 0.05) is 76.0 Å². The molecule has 3 aromatic rings. The maximum absolute atomic E-state index is 15.1. The summed E-state index contributed by atoms with van der Waals surface area (Å²) in [7, 11) is 0. The molecule has 25 heteroatoms. The van der Waals surface area contributed by atoms with Gasteiger partial charge in [-0.2, -0.15) is 0 Å². The minimum Gasteiger partial charge on any atom is -0.428 e. The summed E-state index contributed by atoms with van der Waals surface area (Å²) in [5, 5.41) is 15.7. The van der Waals surface area contributed by atoms with Gasteiger partial charge in [-0.3, -0.25) is 33.8 Å². The van der Waals surface area contributed by atoms with Gasteiger partial charge in [0.1, 0.15) is 24.1 Å². The Morgan fingerprint density at radius 1 is 0.728 bits per heavy atom. The smallest absolute Gasteiger partial charge is 0.411 e. The lowest BCUT2D eigenvalue weighted by molar-refractivity contribution is -0.145. The Morgan fingerprint density at radius 3 is 1.83 bits per heavy atom. The zero-order valence-corrected chi connectivity index (χ0v) is 46.7. The van der Waals surface area contributed by atoms with E-state index in [1.54, 1.807) is 10.8 Å². The highest BCUT2D eigenvalue weighted by molar-refractivity contribution is 6.13. The molecule has 1 fully saturated rings. The van der Waals surface area contributed by atoms with Crippen molar-refractivity contribution in [2.24, 2.45) is 11.3 Å². The molecule has 2 aromatic carbocycles. The minimum atomic E-state index is -0.904. The molecule has 448 valence electrons. The summed E-state index contributed by atoms with van der Waals surface area (Å²) in [5.41, 5.74) is 0.183. The quantitative estimate of drug-likeness (QED) is 0.0420. The second kappa shape index (κ2) is 36.2. The molecule has 1 unspecified atom stereocenters. The topological polar surface area (TPSA) is 257 Å². The van der Waals surface area contributed by atoms with E-state index in [0.717, 1.165) is 28.7 Å². The molecular weight excluding hydrogens is 1060 g/mol. The van der Waals surface area contributed by atoms with E-state index in [1.165, 1.54) is 22.0 Å². The van der Waals surface area contributed by atoms with E-state index in [-0.39, 0.29) is 61.5 Å². The van der Waals surface area contributed by atoms with Crippen molar-refractivity contribution in [1.82, 2.24) is 34.9 Å². The number of aliphatic hydroxyl groups is 1. The highest BCUT2D eigenvalue weighted by atomic mass is 19.1. The zero-order chi connectivity index (χ0) is 58.2. The molecule has 23 nitrogen and oxygen atoms in total. The number of hydrogen-bond acceptors (Lipinski definition) is 17. The van der Waals surface area contributed by atoms with Crippen molar-refractivity contribution in [1.29, 1.82) is 0 Å². The summed E-state index contributed by atoms with van der Waals surface area (Å²) in [6.45, 7) is 11.7. The summed E-state index contributed by atoms with van der Waals surface area (Å²) >= 11 is 0. The standard InChI is InChI=1S/C56H79F2N7O16/c1-56(2,3)53(54-61-47(45-35-44(57)9-10-46(45)58)39-63(54)37-42-7-5-4-6-8-42)65(52(71)40-66)41-81-55(72)62-17-13-43(38-62)36-60-49(68)15-19-73-21-23-75-25-27-77-29-31-79-33-34-80-32-30-78-28-26-76-24-22-74-20-16-59-48(67)14-18-64-50(69)11-12-51(64)70/h4-12,35,39,43,53,66H,13-34,36-38,40-41H2,1-3H3,(H,59,67)(H,60,68)/t43?,53-/m0/s1. The average Bonchev–Trinajstić information content (AvgIpc) is 4.24. The summed E-state index contributed by atoms with van der Waals surface area (Å²) in [5.74, 6) is -3.08. The lowest BCUT2D eigenvalue weighted by Crippen LogP contribution is -2.46. The second-order valence-corrected chi connectivity index (χ2v) is 19.9. The van der Waals surface area contributed by atoms with E-state index in [9.17, 15) is 38.3 Å². The number of likely N-dealkylation sites (tertiary alicyclic amines) is 1. The summed E-state index contributed by atoms with van der Waals surface area (Å²) in [6, 6.07) is 11.6. The van der Waals surface area contributed by atoms with Crippen LogP contribution in [0.4, 0.5) is 13.6 Å². The number of carbonyl (C=O) groups is 6. The normalized spacial score (nSPS) is 14.7. The van der Waals surface area contributed by atoms with Gasteiger partial charge >= 0.3 is 6.09 Å². The molecular formula is C56H79F2N7O16. The van der Waals surface area contributed by atoms with Crippen LogP contribution in [-0.4, -0.2) is 217 Å². The van der Waals surface area contributed by atoms with Crippen molar-refractivity contribution in [3.63, 3.8) is 0 Å². The van der Waals surface area contributed by atoms with E-state index >= 15 is 4.39 Å². The average molecular weight is 1140 g/mol. The van der Waals surface area contributed by atoms with E-state index in [4.69, 9.17) is 47.6 Å². The van der Waals surface area contributed by atoms with E-state index in [1.807, 2.05) is 51.1 Å². The van der Waals surface area contributed by atoms with Crippen LogP contribution in [0.15, 0.2) is 66.9 Å². The van der Waals surface area contributed by atoms with Crippen molar-refractivity contribution in [2.45, 2.75) is 52.6 Å². The van der Waals surface area contributed by atoms with Crippen LogP contribution < -0.4 is 10.6 Å². The molecule has 2 aliphatic rings. The molecule has 6 amide bonds. The molecule has 1 aromatic heterocycles. The molecule has 3 heterocycles. The van der Waals surface area contributed by atoms with Crippen molar-refractivity contribution in [3.05, 3.63) is 89.9 Å². The molecule has 0 spiro atoms. The molecule has 2 aliphatic heterocycles. The van der Waals surface area contributed by atoms with Crippen LogP contribution in [-0.2, 0) is 73.1 Å². The number of aromatic nitrogens is 2. The largest absolute Gasteiger partial charge is 0.428 e. The van der Waals surface area contributed by atoms with Gasteiger partial charge in [0.2, 0.25) is 11.8 Å². The number of hydrogen-bond donors (Lipinski definition) is 3. The number of rotatable bonds is 40. The maximum Gasteiger partial charge on any atom is 0.411 e. The number of nitrogens with zero attached hydrogens (tertiary/aromatic N) is 5. The number of halogens is 2. The highest BCUT2D eigenvalue weighted by Crippen LogP contribution is 2.39. The molecule has 5 rings (SSSR count). The van der Waals surface area contributed by atoms with Crippen LogP contribution >= 0.6 is 0 Å². The molecule has 0 saturated carbocycles. The van der Waals surface area contributed by atoms with Gasteiger partial charge in [-0.15, -0.1) is 0 Å². The number of nitrogens with one attached hydrogen (secondary N) is 2. The first-order valence-electron chi connectivity index (χ1n) is 27.2. The van der Waals surface area contributed by atoms with Gasteiger partial charge in [0.25, 0.3) is 17.7 Å². The van der Waals surface area contributed by atoms with Crippen molar-refractivity contribution in [2.75, 3.05) is 152 Å². The Balaban J connectivity index is 0.829. The van der Waals surface area contributed by atoms with Gasteiger partial charge in [0.15, 0.2) is 6.73 Å². The van der Waals surface area contributed by atoms with Gasteiger partial charge in [-0.05, 0) is 41.5 Å². The number of carbonyl (C=O) groups excluding carboxylic acids is 6. The van der Waals surface area contributed by atoms with Crippen LogP contribution in [0.2, 0.25) is 0 Å². The Hall–Kier alpha value is -6.29. The van der Waals surface area contributed by atoms with Crippen LogP contribution in [0, 0.1) is 23.0 Å². The molecule has 81 heavy (non-hydrogen) atoms. The summed E-state index contributed by atoms with van der Waals surface area (Å²) in [4.78, 5) is 82.9. The fourth-order valence-electron chi connectivity index (χ4n) is 8.50. The number of benzene rings is 2. The number of aliphatic hydroxyl groups excluding tert-OH is 1. The predicted octanol–water partition coefficient (Wildman–Crippen LogP) is 3.27. The molecule has 1 saturated heterocycles. The summed E-state index contributed by atoms with van der Waals surface area (Å²) < 4.78 is 80.9. The monoisotopic (exact) mass is 1140 g/mol. The predicted molar refractivity (Wildman–Crippen MR) is 288 cm³/mol. The number of imidazole rings is 1. The first-order chi connectivity index (χ1) is 39.1. The molecule has 3 N–H and O–H groups in total. The summed E-state index contributed by atoms with van der Waals surface area (Å²) in [6.07, 6.45) is 4.07. The maximum atomic E-state index is 15.1. The van der Waals surface area contributed by atoms with Crippen LogP contribution in [0.5, 0.6) is 0 Å². The van der Waals surface area contributed by atoms with Crippen molar-refractivity contribution < 1.29 is 85.3 Å². The molecule has 0 bridgehead atoms. The van der Waals surface area contributed by atoms with Gasteiger partial charge in [0.05, 0.1) is 117 Å². The number of ether oxygens (including phenoxy) is 9. The van der Waals surface area contributed by atoms with Gasteiger partial charge in [-0.1, -0.05) is 51.1 Å². The van der Waals surface area contributed by atoms with Crippen LogP contribution in [0.1, 0.15) is 57.5 Å².